The fourth-order valence-corrected chi connectivity index (χ4v) is 8.20. The van der Waals surface area contributed by atoms with Gasteiger partial charge in [0.2, 0.25) is 17.7 Å². The number of carbonyl (C=O) groups excluding carboxylic acids is 5. The summed E-state index contributed by atoms with van der Waals surface area (Å²) in [6.45, 7) is 3.63. The first-order chi connectivity index (χ1) is 30.5. The monoisotopic (exact) mass is 908 g/mol. The summed E-state index contributed by atoms with van der Waals surface area (Å²) in [6.07, 6.45) is 7.52. The van der Waals surface area contributed by atoms with Gasteiger partial charge in [-0.25, -0.2) is 9.37 Å². The van der Waals surface area contributed by atoms with E-state index in [-0.39, 0.29) is 72.8 Å². The fraction of sp³-hybridized carbons (Fsp3) is 0.419. The van der Waals surface area contributed by atoms with Crippen molar-refractivity contribution in [3.05, 3.63) is 87.5 Å². The van der Waals surface area contributed by atoms with E-state index in [9.17, 15) is 28.4 Å². The highest BCUT2D eigenvalue weighted by Gasteiger charge is 2.45. The molecule has 0 bridgehead atoms. The van der Waals surface area contributed by atoms with Gasteiger partial charge in [0.05, 0.1) is 81.1 Å². The molecule has 0 aliphatic carbocycles. The van der Waals surface area contributed by atoms with E-state index < -0.39 is 35.5 Å². The van der Waals surface area contributed by atoms with Crippen LogP contribution in [0, 0.1) is 5.82 Å². The molecule has 0 unspecified atom stereocenters. The quantitative estimate of drug-likeness (QED) is 0.0625. The molecule has 5 heterocycles. The molecule has 3 aliphatic heterocycles. The average Bonchev–Trinajstić information content (AvgIpc) is 3.87. The zero-order valence-corrected chi connectivity index (χ0v) is 35.8. The molecule has 5 amide bonds. The van der Waals surface area contributed by atoms with Gasteiger partial charge in [-0.3, -0.25) is 38.9 Å². The first-order valence-corrected chi connectivity index (χ1v) is 21.4. The topological polar surface area (TPSA) is 210 Å². The molecule has 4 aromatic rings. The van der Waals surface area contributed by atoms with E-state index in [4.69, 9.17) is 47.9 Å². The lowest BCUT2D eigenvalue weighted by Crippen LogP contribution is -2.54. The van der Waals surface area contributed by atoms with E-state index in [1.54, 1.807) is 36.7 Å². The molecule has 63 heavy (non-hydrogen) atoms. The lowest BCUT2D eigenvalue weighted by Gasteiger charge is -2.32. The van der Waals surface area contributed by atoms with Gasteiger partial charge in [-0.2, -0.15) is 5.10 Å². The van der Waals surface area contributed by atoms with Crippen molar-refractivity contribution < 1.29 is 47.3 Å². The van der Waals surface area contributed by atoms with Crippen LogP contribution in [-0.2, 0) is 35.0 Å². The number of nitrogens with two attached hydrogens (primary N) is 1. The van der Waals surface area contributed by atoms with Crippen molar-refractivity contribution in [3.8, 4) is 16.9 Å². The molecule has 0 saturated carbocycles. The summed E-state index contributed by atoms with van der Waals surface area (Å²) in [6, 6.07) is 8.42. The minimum atomic E-state index is -1.03. The zero-order valence-electron chi connectivity index (χ0n) is 34.3. The van der Waals surface area contributed by atoms with Gasteiger partial charge in [-0.15, -0.1) is 0 Å². The van der Waals surface area contributed by atoms with Crippen molar-refractivity contribution in [2.45, 2.75) is 50.6 Å². The number of halogens is 3. The lowest BCUT2D eigenvalue weighted by atomic mass is 10.0. The Morgan fingerprint density at radius 2 is 1.65 bits per heavy atom. The molecule has 334 valence electrons. The Kier molecular flexibility index (Phi) is 15.2. The van der Waals surface area contributed by atoms with Gasteiger partial charge in [0.25, 0.3) is 11.8 Å². The summed E-state index contributed by atoms with van der Waals surface area (Å²) in [5.41, 5.74) is 8.97. The van der Waals surface area contributed by atoms with Gasteiger partial charge in [0.15, 0.2) is 11.6 Å². The molecule has 1 atom stereocenters. The number of hydrogen-bond acceptors (Lipinski definition) is 13. The largest absolute Gasteiger partial charge is 0.489 e. The van der Waals surface area contributed by atoms with Crippen molar-refractivity contribution in [2.24, 2.45) is 0 Å². The highest BCUT2D eigenvalue weighted by Crippen LogP contribution is 2.33. The molecular formula is C43H47Cl2FN8O9. The number of piperidine rings is 2. The van der Waals surface area contributed by atoms with Crippen molar-refractivity contribution in [1.29, 1.82) is 0 Å². The first-order valence-electron chi connectivity index (χ1n) is 20.6. The summed E-state index contributed by atoms with van der Waals surface area (Å²) < 4.78 is 38.5. The molecule has 2 aromatic carbocycles. The van der Waals surface area contributed by atoms with E-state index in [1.807, 2.05) is 15.8 Å². The molecule has 7 rings (SSSR count). The van der Waals surface area contributed by atoms with E-state index in [0.717, 1.165) is 28.9 Å². The predicted molar refractivity (Wildman–Crippen MR) is 229 cm³/mol. The second-order valence-corrected chi connectivity index (χ2v) is 15.8. The van der Waals surface area contributed by atoms with Gasteiger partial charge < -0.3 is 34.9 Å². The highest BCUT2D eigenvalue weighted by molar-refractivity contribution is 6.36. The van der Waals surface area contributed by atoms with E-state index in [2.05, 4.69) is 20.7 Å². The number of anilines is 2. The average molecular weight is 910 g/mol. The minimum absolute atomic E-state index is 0.0306. The van der Waals surface area contributed by atoms with Crippen LogP contribution in [0.1, 0.15) is 64.4 Å². The third-order valence-electron chi connectivity index (χ3n) is 11.0. The number of aromatic nitrogens is 3. The zero-order chi connectivity index (χ0) is 44.5. The summed E-state index contributed by atoms with van der Waals surface area (Å²) in [5.74, 6) is -2.17. The number of rotatable bonds is 20. The van der Waals surface area contributed by atoms with Crippen molar-refractivity contribution in [3.63, 3.8) is 0 Å². The predicted octanol–water partition coefficient (Wildman–Crippen LogP) is 4.71. The molecule has 0 radical (unpaired) electrons. The number of pyridine rings is 1. The molecule has 17 nitrogen and oxygen atoms in total. The Balaban J connectivity index is 0.734. The molecular weight excluding hydrogens is 862 g/mol. The Hall–Kier alpha value is -5.66. The normalized spacial score (nSPS) is 16.7. The van der Waals surface area contributed by atoms with Gasteiger partial charge >= 0.3 is 0 Å². The minimum Gasteiger partial charge on any atom is -0.489 e. The number of likely N-dealkylation sites (tertiary alicyclic amines) is 1. The van der Waals surface area contributed by atoms with Gasteiger partial charge in [0, 0.05) is 66.7 Å². The standard InChI is InChI=1S/C43H47Cl2FN8O9/c44-31-4-5-32(46)39(45)29(31)10-16-63-35-22-26(23-49-40(35)47)27-24-50-53(25-27)28-8-13-52(14-9-28)37(56)11-15-60-18-20-62-21-19-61-17-12-48-33-3-1-2-30-38(33)43(59)54(42(30)58)34-6-7-36(55)51-41(34)57/h1-5,22-25,28,34,48H,6-21H2,(H2,47,49)(H,51,55,57)/t34-/m1/s1. The number of nitrogen functional groups attached to an aromatic ring is 1. The molecule has 20 heteroatoms. The van der Waals surface area contributed by atoms with Gasteiger partial charge in [0.1, 0.15) is 11.9 Å². The number of nitrogens with one attached hydrogen (secondary N) is 2. The Morgan fingerprint density at radius 3 is 2.41 bits per heavy atom. The van der Waals surface area contributed by atoms with E-state index in [1.165, 1.54) is 12.1 Å². The van der Waals surface area contributed by atoms with Crippen molar-refractivity contribution in [1.82, 2.24) is 29.9 Å². The summed E-state index contributed by atoms with van der Waals surface area (Å²) in [4.78, 5) is 70.1. The van der Waals surface area contributed by atoms with Crippen LogP contribution in [0.25, 0.3) is 11.1 Å². The molecule has 4 N–H and O–H groups in total. The van der Waals surface area contributed by atoms with E-state index in [0.29, 0.717) is 74.7 Å². The Morgan fingerprint density at radius 1 is 0.905 bits per heavy atom. The summed E-state index contributed by atoms with van der Waals surface area (Å²) >= 11 is 12.3. The molecule has 2 fully saturated rings. The first kappa shape index (κ1) is 45.4. The van der Waals surface area contributed by atoms with Crippen LogP contribution in [0.5, 0.6) is 5.75 Å². The third-order valence-corrected chi connectivity index (χ3v) is 11.8. The number of benzene rings is 2. The van der Waals surface area contributed by atoms with Crippen molar-refractivity contribution in [2.75, 3.05) is 76.9 Å². The highest BCUT2D eigenvalue weighted by atomic mass is 35.5. The summed E-state index contributed by atoms with van der Waals surface area (Å²) in [7, 11) is 0. The van der Waals surface area contributed by atoms with Crippen LogP contribution >= 0.6 is 23.2 Å². The molecule has 3 aliphatic rings. The molecule has 2 saturated heterocycles. The second-order valence-electron chi connectivity index (χ2n) is 15.0. The maximum absolute atomic E-state index is 13.9. The number of amides is 5. The van der Waals surface area contributed by atoms with Crippen LogP contribution < -0.4 is 21.1 Å². The smallest absolute Gasteiger partial charge is 0.264 e. The molecule has 2 aromatic heterocycles. The summed E-state index contributed by atoms with van der Waals surface area (Å²) in [5, 5.41) is 10.2. The van der Waals surface area contributed by atoms with Crippen LogP contribution in [0.4, 0.5) is 15.9 Å². The number of ether oxygens (including phenoxy) is 4. The fourth-order valence-electron chi connectivity index (χ4n) is 7.64. The Bertz CT molecular complexity index is 2340. The van der Waals surface area contributed by atoms with Crippen LogP contribution in [-0.4, -0.2) is 126 Å². The molecule has 0 spiro atoms. The number of hydrogen-bond donors (Lipinski definition) is 3. The third kappa shape index (κ3) is 10.9. The van der Waals surface area contributed by atoms with Crippen LogP contribution in [0.3, 0.4) is 0 Å². The number of fused-ring (bicyclic) bond motifs is 1. The number of nitrogens with zero attached hydrogens (tertiary/aromatic N) is 5. The van der Waals surface area contributed by atoms with Crippen LogP contribution in [0.2, 0.25) is 10.0 Å². The second kappa shape index (κ2) is 21.1. The SMILES string of the molecule is Nc1ncc(-c2cnn(C3CCN(C(=O)CCOCCOCCOCCNc4cccc5c4C(=O)N([C@@H]4CCC(=O)NC4=O)C5=O)CC3)c2)cc1OCCc1c(Cl)ccc(F)c1Cl. The van der Waals surface area contributed by atoms with Gasteiger partial charge in [-0.1, -0.05) is 29.3 Å². The number of imide groups is 2. The lowest BCUT2D eigenvalue weighted by molar-refractivity contribution is -0.136. The Labute approximate surface area is 372 Å². The van der Waals surface area contributed by atoms with E-state index >= 15 is 0 Å². The van der Waals surface area contributed by atoms with Crippen LogP contribution in [0.15, 0.2) is 55.0 Å². The maximum atomic E-state index is 13.9. The van der Waals surface area contributed by atoms with Crippen molar-refractivity contribution >= 4 is 64.2 Å². The maximum Gasteiger partial charge on any atom is 0.264 e. The van der Waals surface area contributed by atoms with Gasteiger partial charge in [-0.05, 0) is 55.2 Å². The number of carbonyl (C=O) groups is 5.